The van der Waals surface area contributed by atoms with Gasteiger partial charge in [0.1, 0.15) is 11.5 Å². The van der Waals surface area contributed by atoms with Crippen LogP contribution in [0.2, 0.25) is 0 Å². The molecule has 148 valence electrons. The first-order valence-electron chi connectivity index (χ1n) is 5.04. The first-order chi connectivity index (χ1) is 8.33. The third-order valence-electron chi connectivity index (χ3n) is 1.74. The van der Waals surface area contributed by atoms with Crippen LogP contribution in [0.3, 0.4) is 0 Å². The molecule has 0 unspecified atom stereocenters. The van der Waals surface area contributed by atoms with Gasteiger partial charge in [-0.25, -0.2) is 0 Å². The molecular weight excluding hydrogens is 486 g/mol. The molecule has 4 N–H and O–H groups in total. The van der Waals surface area contributed by atoms with E-state index in [0.717, 1.165) is 5.75 Å². The van der Waals surface area contributed by atoms with Crippen LogP contribution >= 0.6 is 15.9 Å². The van der Waals surface area contributed by atoms with Gasteiger partial charge in [-0.2, -0.15) is 0 Å². The van der Waals surface area contributed by atoms with Crippen LogP contribution in [0.4, 0.5) is 0 Å². The van der Waals surface area contributed by atoms with Gasteiger partial charge in [-0.3, -0.25) is 0 Å². The van der Waals surface area contributed by atoms with Crippen LogP contribution in [0.25, 0.3) is 0 Å². The van der Waals surface area contributed by atoms with Crippen molar-refractivity contribution in [2.75, 3.05) is 12.9 Å². The number of phenolic OH excluding ortho intramolecular Hbond substituents is 1. The third kappa shape index (κ3) is 39.8. The average molecular weight is 522 g/mol. The van der Waals surface area contributed by atoms with E-state index in [1.165, 1.54) is 0 Å². The van der Waals surface area contributed by atoms with E-state index in [0.29, 0.717) is 5.75 Å². The van der Waals surface area contributed by atoms with Gasteiger partial charge in [-0.15, -0.1) is 0 Å². The summed E-state index contributed by atoms with van der Waals surface area (Å²) in [6.07, 6.45) is 0. The Kier molecular flexibility index (Phi) is 122. The van der Waals surface area contributed by atoms with E-state index >= 15 is 0 Å². The Hall–Kier alpha value is 0.920. The Morgan fingerprint density at radius 3 is 1.15 bits per heavy atom. The zero-order chi connectivity index (χ0) is 12.9. The van der Waals surface area contributed by atoms with E-state index < -0.39 is 0 Å². The summed E-state index contributed by atoms with van der Waals surface area (Å²) < 4.78 is 4.91. The number of rotatable bonds is 1. The number of hydrogen-bond donors (Lipinski definition) is 1. The van der Waals surface area contributed by atoms with Crippen LogP contribution in [-0.4, -0.2) is 29.0 Å². The quantitative estimate of drug-likeness (QED) is 0.314. The molecule has 0 radical (unpaired) electrons. The minimum atomic E-state index is 0. The Balaban J connectivity index is -0.0000000171. The molecule has 0 aliphatic carbocycles. The normalized spacial score (nSPS) is 5.19. The number of ether oxygens (including phenoxy) is 1. The Morgan fingerprint density at radius 2 is 1.00 bits per heavy atom. The molecule has 4 nitrogen and oxygen atoms in total. The van der Waals surface area contributed by atoms with Crippen molar-refractivity contribution in [1.29, 1.82) is 0 Å². The van der Waals surface area contributed by atoms with Crippen LogP contribution in [0.1, 0.15) is 29.7 Å². The Bertz CT molecular complexity index is 383. The first kappa shape index (κ1) is 63.2. The first-order valence-corrected chi connectivity index (χ1v) is 6.62. The number of para-hydroxylation sites is 2. The SMILES string of the molecule is C.C.C.C.CBr.COc1ccccc1.O.Oc1ccccc1.[Br-].[Na+].[Na+].[OH-]. The monoisotopic (exact) mass is 520 g/mol. The maximum Gasteiger partial charge on any atom is 1.00 e. The molecule has 0 bridgehead atoms. The molecule has 0 saturated heterocycles. The molecule has 0 fully saturated rings. The molecule has 0 amide bonds. The van der Waals surface area contributed by atoms with E-state index in [1.54, 1.807) is 31.4 Å². The number of methoxy groups -OCH3 is 1. The molecule has 0 saturated carbocycles. The van der Waals surface area contributed by atoms with Crippen molar-refractivity contribution in [1.82, 2.24) is 0 Å². The van der Waals surface area contributed by atoms with Crippen LogP contribution in [0.5, 0.6) is 11.5 Å². The fourth-order valence-corrected chi connectivity index (χ4v) is 0.985. The summed E-state index contributed by atoms with van der Waals surface area (Å²) in [5, 5.41) is 8.63. The molecule has 2 aromatic carbocycles. The molecule has 26 heavy (non-hydrogen) atoms. The summed E-state index contributed by atoms with van der Waals surface area (Å²) in [6, 6.07) is 18.4. The van der Waals surface area contributed by atoms with Gasteiger partial charge in [-0.1, -0.05) is 82.0 Å². The van der Waals surface area contributed by atoms with Crippen LogP contribution in [0, 0.1) is 0 Å². The fourth-order valence-electron chi connectivity index (χ4n) is 0.985. The van der Waals surface area contributed by atoms with E-state index in [2.05, 4.69) is 15.9 Å². The van der Waals surface area contributed by atoms with E-state index in [9.17, 15) is 0 Å². The molecule has 8 heteroatoms. The molecular formula is C18H36Br2Na2O4. The molecule has 0 heterocycles. The number of hydrogen-bond acceptors (Lipinski definition) is 3. The molecule has 0 aromatic heterocycles. The zero-order valence-electron chi connectivity index (χ0n) is 13.3. The summed E-state index contributed by atoms with van der Waals surface area (Å²) in [4.78, 5) is 0. The fraction of sp³-hybridized carbons (Fsp3) is 0.333. The molecule has 0 atom stereocenters. The summed E-state index contributed by atoms with van der Waals surface area (Å²) >= 11 is 2.94. The molecule has 2 aromatic rings. The predicted molar refractivity (Wildman–Crippen MR) is 108 cm³/mol. The van der Waals surface area contributed by atoms with Gasteiger partial charge in [0.25, 0.3) is 0 Å². The Labute approximate surface area is 225 Å². The van der Waals surface area contributed by atoms with Crippen molar-refractivity contribution < 1.29 is 96.9 Å². The van der Waals surface area contributed by atoms with Gasteiger partial charge in [0, 0.05) is 0 Å². The molecule has 0 aliphatic heterocycles. The van der Waals surface area contributed by atoms with E-state index in [1.807, 2.05) is 42.2 Å². The van der Waals surface area contributed by atoms with E-state index in [4.69, 9.17) is 9.84 Å². The Morgan fingerprint density at radius 1 is 0.731 bits per heavy atom. The van der Waals surface area contributed by atoms with Crippen molar-refractivity contribution in [3.63, 3.8) is 0 Å². The minimum Gasteiger partial charge on any atom is -1.00 e. The summed E-state index contributed by atoms with van der Waals surface area (Å²) in [5.74, 6) is 3.04. The van der Waals surface area contributed by atoms with Gasteiger partial charge < -0.3 is 37.8 Å². The van der Waals surface area contributed by atoms with Crippen molar-refractivity contribution in [2.45, 2.75) is 29.7 Å². The van der Waals surface area contributed by atoms with Crippen molar-refractivity contribution >= 4 is 15.9 Å². The number of benzene rings is 2. The second kappa shape index (κ2) is 50.1. The van der Waals surface area contributed by atoms with Crippen molar-refractivity contribution in [2.24, 2.45) is 0 Å². The standard InChI is InChI=1S/C7H8O.C6H6O.CH3Br.4CH4.BrH.2Na.2H2O/c1-8-7-5-3-2-4-6-7;7-6-4-2-1-3-5-6;1-2;;;;;;;;;/h2-6H,1H3;1-5,7H;1H3;4*1H4;1H;;;2*1H2/q;;;;;;;;2*+1;;/p-2. The predicted octanol–water partition coefficient (Wildman–Crippen LogP) is -3.35. The number of aromatic hydroxyl groups is 1. The van der Waals surface area contributed by atoms with Crippen molar-refractivity contribution in [3.8, 4) is 11.5 Å². The third-order valence-corrected chi connectivity index (χ3v) is 1.74. The smallest absolute Gasteiger partial charge is 1.00 e. The second-order valence-electron chi connectivity index (χ2n) is 2.85. The largest absolute Gasteiger partial charge is 1.00 e. The van der Waals surface area contributed by atoms with Gasteiger partial charge in [-0.05, 0) is 30.1 Å². The van der Waals surface area contributed by atoms with E-state index in [-0.39, 0.29) is 117 Å². The average Bonchev–Trinajstić information content (AvgIpc) is 2.43. The van der Waals surface area contributed by atoms with Gasteiger partial charge in [0.05, 0.1) is 7.11 Å². The molecule has 0 aliphatic rings. The number of phenols is 1. The number of halogens is 2. The maximum atomic E-state index is 8.63. The van der Waals surface area contributed by atoms with Gasteiger partial charge in [0.2, 0.25) is 0 Å². The van der Waals surface area contributed by atoms with Gasteiger partial charge in [0.15, 0.2) is 0 Å². The topological polar surface area (TPSA) is 91.0 Å². The van der Waals surface area contributed by atoms with Gasteiger partial charge >= 0.3 is 59.1 Å². The maximum absolute atomic E-state index is 8.63. The van der Waals surface area contributed by atoms with Crippen molar-refractivity contribution in [3.05, 3.63) is 60.7 Å². The van der Waals surface area contributed by atoms with Crippen LogP contribution < -0.4 is 80.8 Å². The second-order valence-corrected chi connectivity index (χ2v) is 2.85. The summed E-state index contributed by atoms with van der Waals surface area (Å²) in [5.41, 5.74) is 0. The summed E-state index contributed by atoms with van der Waals surface area (Å²) in [7, 11) is 1.66. The summed E-state index contributed by atoms with van der Waals surface area (Å²) in [6.45, 7) is 0. The van der Waals surface area contributed by atoms with Crippen LogP contribution in [0.15, 0.2) is 60.7 Å². The molecule has 0 spiro atoms. The zero-order valence-corrected chi connectivity index (χ0v) is 20.5. The molecule has 2 rings (SSSR count). The number of alkyl halides is 1. The minimum absolute atomic E-state index is 0. The van der Waals surface area contributed by atoms with Crippen LogP contribution in [-0.2, 0) is 0 Å².